The van der Waals surface area contributed by atoms with E-state index in [0.717, 1.165) is 0 Å². The summed E-state index contributed by atoms with van der Waals surface area (Å²) in [7, 11) is 0. The Hall–Kier alpha value is -1.92. The van der Waals surface area contributed by atoms with Gasteiger partial charge in [-0.25, -0.2) is 0 Å². The molecule has 0 aliphatic rings. The summed E-state index contributed by atoms with van der Waals surface area (Å²) in [6.07, 6.45) is -3.56. The van der Waals surface area contributed by atoms with E-state index in [1.165, 1.54) is 12.1 Å². The summed E-state index contributed by atoms with van der Waals surface area (Å²) >= 11 is 0. The van der Waals surface area contributed by atoms with E-state index in [9.17, 15) is 19.8 Å². The topological polar surface area (TPSA) is 115 Å². The van der Waals surface area contributed by atoms with Crippen LogP contribution in [0.25, 0.3) is 0 Å². The van der Waals surface area contributed by atoms with E-state index < -0.39 is 30.6 Å². The van der Waals surface area contributed by atoms with E-state index in [1.54, 1.807) is 12.1 Å². The van der Waals surface area contributed by atoms with Gasteiger partial charge < -0.3 is 20.4 Å². The maximum Gasteiger partial charge on any atom is 0.307 e. The third kappa shape index (κ3) is 4.15. The molecule has 0 amide bonds. The van der Waals surface area contributed by atoms with Gasteiger partial charge in [0.15, 0.2) is 0 Å². The van der Waals surface area contributed by atoms with Crippen molar-refractivity contribution in [2.45, 2.75) is 25.0 Å². The highest BCUT2D eigenvalue weighted by Crippen LogP contribution is 2.20. The summed E-state index contributed by atoms with van der Waals surface area (Å²) in [6.45, 7) is 0. The molecule has 0 heterocycles. The minimum absolute atomic E-state index is 0.199. The largest absolute Gasteiger partial charge is 0.481 e. The van der Waals surface area contributed by atoms with E-state index >= 15 is 0 Å². The molecule has 0 bridgehead atoms. The van der Waals surface area contributed by atoms with Crippen molar-refractivity contribution in [3.8, 4) is 0 Å². The summed E-state index contributed by atoms with van der Waals surface area (Å²) < 4.78 is 0. The second-order valence-corrected chi connectivity index (χ2v) is 3.93. The van der Waals surface area contributed by atoms with Crippen LogP contribution in [0.5, 0.6) is 0 Å². The number of carboxylic acids is 2. The van der Waals surface area contributed by atoms with Crippen molar-refractivity contribution >= 4 is 11.9 Å². The normalized spacial score (nSPS) is 13.9. The second kappa shape index (κ2) is 6.13. The molecule has 0 saturated heterocycles. The Morgan fingerprint density at radius 2 is 1.78 bits per heavy atom. The summed E-state index contributed by atoms with van der Waals surface area (Å²) in [6, 6.07) is 6.06. The molecule has 6 heteroatoms. The molecule has 18 heavy (non-hydrogen) atoms. The Morgan fingerprint density at radius 1 is 1.11 bits per heavy atom. The zero-order valence-electron chi connectivity index (χ0n) is 9.48. The number of benzene rings is 1. The molecule has 6 nitrogen and oxygen atoms in total. The van der Waals surface area contributed by atoms with Gasteiger partial charge in [-0.05, 0) is 11.1 Å². The third-order valence-corrected chi connectivity index (χ3v) is 2.40. The second-order valence-electron chi connectivity index (χ2n) is 3.93. The van der Waals surface area contributed by atoms with E-state index in [-0.39, 0.29) is 6.42 Å². The van der Waals surface area contributed by atoms with Crippen molar-refractivity contribution in [1.29, 1.82) is 0 Å². The Bertz CT molecular complexity index is 442. The van der Waals surface area contributed by atoms with Crippen LogP contribution in [0.15, 0.2) is 24.3 Å². The highest BCUT2D eigenvalue weighted by atomic mass is 16.4. The number of aliphatic hydroxyl groups excluding tert-OH is 2. The van der Waals surface area contributed by atoms with Crippen molar-refractivity contribution in [3.05, 3.63) is 35.4 Å². The molecule has 0 spiro atoms. The number of aliphatic carboxylic acids is 2. The molecular formula is C12H14O6. The van der Waals surface area contributed by atoms with Crippen molar-refractivity contribution in [2.75, 3.05) is 0 Å². The zero-order chi connectivity index (χ0) is 13.7. The number of carboxylic acid groups (broad SMARTS) is 2. The van der Waals surface area contributed by atoms with Crippen LogP contribution in [-0.2, 0) is 16.0 Å². The maximum atomic E-state index is 10.5. The quantitative estimate of drug-likeness (QED) is 0.575. The number of rotatable bonds is 6. The Kier molecular flexibility index (Phi) is 4.82. The fraction of sp³-hybridized carbons (Fsp3) is 0.333. The molecule has 2 unspecified atom stereocenters. The first-order valence-electron chi connectivity index (χ1n) is 5.28. The number of carbonyl (C=O) groups is 2. The minimum atomic E-state index is -1.43. The average molecular weight is 254 g/mol. The van der Waals surface area contributed by atoms with Crippen molar-refractivity contribution in [1.82, 2.24) is 0 Å². The minimum Gasteiger partial charge on any atom is -0.481 e. The van der Waals surface area contributed by atoms with Gasteiger partial charge in [-0.3, -0.25) is 9.59 Å². The van der Waals surface area contributed by atoms with Crippen LogP contribution in [-0.4, -0.2) is 38.5 Å². The third-order valence-electron chi connectivity index (χ3n) is 2.40. The molecule has 4 N–H and O–H groups in total. The SMILES string of the molecule is O=C(O)Cc1cccc(C(O)C(O)CC(=O)O)c1. The Morgan fingerprint density at radius 3 is 2.33 bits per heavy atom. The molecule has 1 aromatic carbocycles. The maximum absolute atomic E-state index is 10.5. The lowest BCUT2D eigenvalue weighted by molar-refractivity contribution is -0.141. The van der Waals surface area contributed by atoms with Crippen LogP contribution in [0, 0.1) is 0 Å². The Balaban J connectivity index is 2.82. The van der Waals surface area contributed by atoms with Crippen molar-refractivity contribution in [2.24, 2.45) is 0 Å². The summed E-state index contributed by atoms with van der Waals surface area (Å²) in [5.41, 5.74) is 0.768. The lowest BCUT2D eigenvalue weighted by atomic mass is 9.99. The number of aliphatic hydroxyl groups is 2. The van der Waals surface area contributed by atoms with Crippen molar-refractivity contribution in [3.63, 3.8) is 0 Å². The van der Waals surface area contributed by atoms with Crippen LogP contribution in [0.2, 0.25) is 0 Å². The van der Waals surface area contributed by atoms with E-state index in [0.29, 0.717) is 11.1 Å². The van der Waals surface area contributed by atoms with E-state index in [4.69, 9.17) is 10.2 Å². The predicted molar refractivity (Wildman–Crippen MR) is 61.0 cm³/mol. The van der Waals surface area contributed by atoms with Gasteiger partial charge in [-0.15, -0.1) is 0 Å². The number of hydrogen-bond donors (Lipinski definition) is 4. The summed E-state index contributed by atoms with van der Waals surface area (Å²) in [5.74, 6) is -2.23. The van der Waals surface area contributed by atoms with Crippen LogP contribution in [0.3, 0.4) is 0 Å². The first-order chi connectivity index (χ1) is 8.40. The van der Waals surface area contributed by atoms with Gasteiger partial charge in [0, 0.05) is 0 Å². The van der Waals surface area contributed by atoms with Crippen LogP contribution in [0.4, 0.5) is 0 Å². The zero-order valence-corrected chi connectivity index (χ0v) is 9.48. The van der Waals surface area contributed by atoms with Gasteiger partial charge >= 0.3 is 11.9 Å². The fourth-order valence-corrected chi connectivity index (χ4v) is 1.57. The van der Waals surface area contributed by atoms with Crippen LogP contribution < -0.4 is 0 Å². The molecule has 0 aliphatic carbocycles. The van der Waals surface area contributed by atoms with Gasteiger partial charge in [0.2, 0.25) is 0 Å². The molecule has 2 atom stereocenters. The predicted octanol–water partition coefficient (Wildman–Crippen LogP) is 0.183. The Labute approximate surface area is 103 Å². The molecular weight excluding hydrogens is 240 g/mol. The van der Waals surface area contributed by atoms with E-state index in [2.05, 4.69) is 0 Å². The molecule has 0 radical (unpaired) electrons. The lowest BCUT2D eigenvalue weighted by Crippen LogP contribution is -2.21. The van der Waals surface area contributed by atoms with Gasteiger partial charge in [0.05, 0.1) is 18.9 Å². The standard InChI is InChI=1S/C12H14O6/c13-9(6-11(16)17)12(18)8-3-1-2-7(4-8)5-10(14)15/h1-4,9,12-13,18H,5-6H2,(H,14,15)(H,16,17). The van der Waals surface area contributed by atoms with Gasteiger partial charge in [0.25, 0.3) is 0 Å². The van der Waals surface area contributed by atoms with Gasteiger partial charge in [-0.1, -0.05) is 24.3 Å². The summed E-state index contributed by atoms with van der Waals surface area (Å²) in [4.78, 5) is 20.9. The monoisotopic (exact) mass is 254 g/mol. The fourth-order valence-electron chi connectivity index (χ4n) is 1.57. The average Bonchev–Trinajstić information content (AvgIpc) is 2.26. The molecule has 1 rings (SSSR count). The van der Waals surface area contributed by atoms with Crippen LogP contribution >= 0.6 is 0 Å². The van der Waals surface area contributed by atoms with E-state index in [1.807, 2.05) is 0 Å². The highest BCUT2D eigenvalue weighted by molar-refractivity contribution is 5.70. The smallest absolute Gasteiger partial charge is 0.307 e. The molecule has 1 aromatic rings. The molecule has 98 valence electrons. The first-order valence-corrected chi connectivity index (χ1v) is 5.28. The van der Waals surface area contributed by atoms with Gasteiger partial charge in [-0.2, -0.15) is 0 Å². The summed E-state index contributed by atoms with van der Waals surface area (Å²) in [5, 5.41) is 36.3. The van der Waals surface area contributed by atoms with Gasteiger partial charge in [0.1, 0.15) is 6.10 Å². The van der Waals surface area contributed by atoms with Crippen molar-refractivity contribution < 1.29 is 30.0 Å². The van der Waals surface area contributed by atoms with Crippen LogP contribution in [0.1, 0.15) is 23.7 Å². The molecule has 0 fully saturated rings. The lowest BCUT2D eigenvalue weighted by Gasteiger charge is -2.17. The first kappa shape index (κ1) is 14.1. The molecule has 0 aromatic heterocycles. The number of hydrogen-bond acceptors (Lipinski definition) is 4. The molecule has 0 aliphatic heterocycles. The highest BCUT2D eigenvalue weighted by Gasteiger charge is 2.21. The molecule has 0 saturated carbocycles.